The molecule has 2 aromatic rings. The smallest absolute Gasteiger partial charge is 0.325 e. The van der Waals surface area contributed by atoms with Crippen LogP contribution in [0.5, 0.6) is 0 Å². The Kier molecular flexibility index (Phi) is 8.56. The number of amides is 2. The molecule has 0 aliphatic rings. The van der Waals surface area contributed by atoms with Crippen molar-refractivity contribution in [2.24, 2.45) is 0 Å². The number of ether oxygens (including phenoxy) is 1. The van der Waals surface area contributed by atoms with Gasteiger partial charge in [-0.15, -0.1) is 0 Å². The molecule has 2 amide bonds. The SMILES string of the molecule is CC(=O)c1c(C)[nH]c(C(=O)COC(=O)CNC(=O)CNC(=O)c2ccc(Cl)cc2Cl)c1C. The second kappa shape index (κ2) is 10.9. The Balaban J connectivity index is 1.77. The Bertz CT molecular complexity index is 1090. The van der Waals surface area contributed by atoms with Crippen LogP contribution >= 0.6 is 23.2 Å². The summed E-state index contributed by atoms with van der Waals surface area (Å²) >= 11 is 11.7. The third kappa shape index (κ3) is 6.41. The normalized spacial score (nSPS) is 10.4. The summed E-state index contributed by atoms with van der Waals surface area (Å²) in [7, 11) is 0. The van der Waals surface area contributed by atoms with Gasteiger partial charge in [0.2, 0.25) is 11.7 Å². The van der Waals surface area contributed by atoms with Crippen LogP contribution in [0.2, 0.25) is 10.0 Å². The van der Waals surface area contributed by atoms with E-state index < -0.39 is 43.3 Å². The number of aromatic nitrogens is 1. The van der Waals surface area contributed by atoms with Crippen molar-refractivity contribution < 1.29 is 28.7 Å². The first kappa shape index (κ1) is 25.1. The molecule has 0 saturated carbocycles. The molecule has 0 aliphatic heterocycles. The van der Waals surface area contributed by atoms with Crippen molar-refractivity contribution >= 4 is 52.6 Å². The number of hydrogen-bond donors (Lipinski definition) is 3. The van der Waals surface area contributed by atoms with Gasteiger partial charge in [-0.1, -0.05) is 23.2 Å². The van der Waals surface area contributed by atoms with Gasteiger partial charge in [0, 0.05) is 16.3 Å². The average Bonchev–Trinajstić information content (AvgIpc) is 3.02. The highest BCUT2D eigenvalue weighted by atomic mass is 35.5. The van der Waals surface area contributed by atoms with Crippen LogP contribution in [-0.4, -0.2) is 54.0 Å². The number of aryl methyl sites for hydroxylation is 1. The van der Waals surface area contributed by atoms with E-state index in [9.17, 15) is 24.0 Å². The summed E-state index contributed by atoms with van der Waals surface area (Å²) in [5.74, 6) is -2.76. The molecule has 0 atom stereocenters. The molecule has 0 bridgehead atoms. The number of rotatable bonds is 9. The second-order valence-electron chi connectivity index (χ2n) is 6.85. The van der Waals surface area contributed by atoms with E-state index in [4.69, 9.17) is 27.9 Å². The Morgan fingerprint density at radius 2 is 1.72 bits per heavy atom. The number of esters is 1. The minimum atomic E-state index is -0.841. The van der Waals surface area contributed by atoms with Crippen molar-refractivity contribution in [2.45, 2.75) is 20.8 Å². The van der Waals surface area contributed by atoms with Gasteiger partial charge in [-0.3, -0.25) is 24.0 Å². The first-order valence-electron chi connectivity index (χ1n) is 9.40. The van der Waals surface area contributed by atoms with Crippen LogP contribution in [0, 0.1) is 13.8 Å². The minimum absolute atomic E-state index is 0.131. The van der Waals surface area contributed by atoms with Gasteiger partial charge in [-0.25, -0.2) is 0 Å². The number of carbonyl (C=O) groups excluding carboxylic acids is 5. The number of hydrogen-bond acceptors (Lipinski definition) is 6. The molecule has 11 heteroatoms. The quantitative estimate of drug-likeness (QED) is 0.371. The van der Waals surface area contributed by atoms with Gasteiger partial charge >= 0.3 is 5.97 Å². The van der Waals surface area contributed by atoms with Crippen molar-refractivity contribution in [3.05, 3.63) is 56.3 Å². The average molecular weight is 482 g/mol. The summed E-state index contributed by atoms with van der Waals surface area (Å²) in [6.45, 7) is 3.23. The van der Waals surface area contributed by atoms with E-state index in [1.54, 1.807) is 13.8 Å². The van der Waals surface area contributed by atoms with E-state index in [2.05, 4.69) is 15.6 Å². The van der Waals surface area contributed by atoms with Crippen molar-refractivity contribution in [2.75, 3.05) is 19.7 Å². The standard InChI is InChI=1S/C21H21Cl2N3O6/c1-10-19(12(3)27)11(2)26-20(10)16(28)9-32-18(30)8-24-17(29)7-25-21(31)14-5-4-13(22)6-15(14)23/h4-6,26H,7-9H2,1-3H3,(H,24,29)(H,25,31). The lowest BCUT2D eigenvalue weighted by molar-refractivity contribution is -0.142. The monoisotopic (exact) mass is 481 g/mol. The highest BCUT2D eigenvalue weighted by Gasteiger charge is 2.21. The molecule has 0 aliphatic carbocycles. The summed E-state index contributed by atoms with van der Waals surface area (Å²) in [5, 5.41) is 5.13. The predicted molar refractivity (Wildman–Crippen MR) is 117 cm³/mol. The third-order valence-electron chi connectivity index (χ3n) is 4.45. The minimum Gasteiger partial charge on any atom is -0.456 e. The zero-order chi connectivity index (χ0) is 24.0. The van der Waals surface area contributed by atoms with Crippen LogP contribution in [-0.2, 0) is 14.3 Å². The predicted octanol–water partition coefficient (Wildman–Crippen LogP) is 2.41. The van der Waals surface area contributed by atoms with Gasteiger partial charge in [-0.2, -0.15) is 0 Å². The largest absolute Gasteiger partial charge is 0.456 e. The van der Waals surface area contributed by atoms with Gasteiger partial charge in [0.1, 0.15) is 6.54 Å². The van der Waals surface area contributed by atoms with Crippen LogP contribution in [0.25, 0.3) is 0 Å². The van der Waals surface area contributed by atoms with Gasteiger partial charge in [0.25, 0.3) is 5.91 Å². The molecule has 3 N–H and O–H groups in total. The van der Waals surface area contributed by atoms with Crippen molar-refractivity contribution in [1.82, 2.24) is 15.6 Å². The number of H-pyrrole nitrogens is 1. The van der Waals surface area contributed by atoms with Crippen molar-refractivity contribution in [3.63, 3.8) is 0 Å². The van der Waals surface area contributed by atoms with Crippen molar-refractivity contribution in [1.29, 1.82) is 0 Å². The van der Waals surface area contributed by atoms with Crippen LogP contribution in [0.15, 0.2) is 18.2 Å². The molecule has 0 radical (unpaired) electrons. The molecule has 0 spiro atoms. The Labute approximate surface area is 193 Å². The maximum absolute atomic E-state index is 12.3. The number of nitrogens with one attached hydrogen (secondary N) is 3. The summed E-state index contributed by atoms with van der Waals surface area (Å²) in [4.78, 5) is 62.5. The van der Waals surface area contributed by atoms with Crippen LogP contribution in [0.1, 0.15) is 49.4 Å². The zero-order valence-corrected chi connectivity index (χ0v) is 19.1. The maximum Gasteiger partial charge on any atom is 0.325 e. The molecule has 9 nitrogen and oxygen atoms in total. The molecule has 1 aromatic heterocycles. The number of ketones is 2. The summed E-state index contributed by atoms with van der Waals surface area (Å²) in [6.07, 6.45) is 0. The maximum atomic E-state index is 12.3. The number of Topliss-reactive ketones (excluding diaryl/α,β-unsaturated/α-hetero) is 2. The number of carbonyl (C=O) groups is 5. The fourth-order valence-corrected chi connectivity index (χ4v) is 3.48. The van der Waals surface area contributed by atoms with E-state index in [0.717, 1.165) is 0 Å². The lowest BCUT2D eigenvalue weighted by atomic mass is 10.1. The molecule has 2 rings (SSSR count). The molecular formula is C21H21Cl2N3O6. The van der Waals surface area contributed by atoms with Crippen LogP contribution in [0.3, 0.4) is 0 Å². The summed E-state index contributed by atoms with van der Waals surface area (Å²) in [5.41, 5.74) is 1.80. The number of aromatic amines is 1. The first-order valence-corrected chi connectivity index (χ1v) is 10.2. The highest BCUT2D eigenvalue weighted by Crippen LogP contribution is 2.21. The molecule has 170 valence electrons. The third-order valence-corrected chi connectivity index (χ3v) is 5.00. The lowest BCUT2D eigenvalue weighted by Crippen LogP contribution is -2.39. The van der Waals surface area contributed by atoms with Gasteiger partial charge < -0.3 is 20.4 Å². The van der Waals surface area contributed by atoms with Gasteiger partial charge in [-0.05, 0) is 44.5 Å². The molecule has 1 heterocycles. The molecule has 0 fully saturated rings. The molecular weight excluding hydrogens is 461 g/mol. The fraction of sp³-hybridized carbons (Fsp3) is 0.286. The zero-order valence-electron chi connectivity index (χ0n) is 17.6. The Morgan fingerprint density at radius 1 is 1.03 bits per heavy atom. The molecule has 0 unspecified atom stereocenters. The lowest BCUT2D eigenvalue weighted by Gasteiger charge is -2.08. The van der Waals surface area contributed by atoms with E-state index in [-0.39, 0.29) is 22.1 Å². The van der Waals surface area contributed by atoms with Crippen LogP contribution < -0.4 is 10.6 Å². The van der Waals surface area contributed by atoms with E-state index in [0.29, 0.717) is 21.8 Å². The topological polar surface area (TPSA) is 134 Å². The second-order valence-corrected chi connectivity index (χ2v) is 7.69. The van der Waals surface area contributed by atoms with E-state index in [1.165, 1.54) is 25.1 Å². The summed E-state index contributed by atoms with van der Waals surface area (Å²) in [6, 6.07) is 4.29. The van der Waals surface area contributed by atoms with E-state index >= 15 is 0 Å². The Morgan fingerprint density at radius 3 is 2.31 bits per heavy atom. The molecule has 1 aromatic carbocycles. The van der Waals surface area contributed by atoms with Crippen LogP contribution in [0.4, 0.5) is 0 Å². The van der Waals surface area contributed by atoms with E-state index in [1.807, 2.05) is 0 Å². The highest BCUT2D eigenvalue weighted by molar-refractivity contribution is 6.36. The first-order chi connectivity index (χ1) is 15.0. The number of halogens is 2. The van der Waals surface area contributed by atoms with Crippen molar-refractivity contribution in [3.8, 4) is 0 Å². The van der Waals surface area contributed by atoms with Gasteiger partial charge in [0.15, 0.2) is 12.4 Å². The fourth-order valence-electron chi connectivity index (χ4n) is 2.99. The molecule has 0 saturated heterocycles. The number of benzene rings is 1. The molecule has 32 heavy (non-hydrogen) atoms. The Hall–Kier alpha value is -3.17. The van der Waals surface area contributed by atoms with Gasteiger partial charge in [0.05, 0.1) is 22.8 Å². The summed E-state index contributed by atoms with van der Waals surface area (Å²) < 4.78 is 4.87.